The summed E-state index contributed by atoms with van der Waals surface area (Å²) in [4.78, 5) is 8.50. The molecule has 0 unspecified atom stereocenters. The number of nitrogens with zero attached hydrogens (tertiary/aromatic N) is 5. The van der Waals surface area contributed by atoms with Crippen molar-refractivity contribution in [2.75, 3.05) is 0 Å². The van der Waals surface area contributed by atoms with Crippen molar-refractivity contribution in [3.05, 3.63) is 48.7 Å². The first kappa shape index (κ1) is 10.1. The molecule has 20 heavy (non-hydrogen) atoms. The van der Waals surface area contributed by atoms with E-state index in [0.29, 0.717) is 0 Å². The smallest absolute Gasteiger partial charge is 0.264 e. The molecule has 5 nitrogen and oxygen atoms in total. The van der Waals surface area contributed by atoms with Crippen molar-refractivity contribution in [1.82, 2.24) is 18.9 Å². The monoisotopic (exact) mass is 262 g/mol. The molecule has 96 valence electrons. The Morgan fingerprint density at radius 2 is 2.00 bits per heavy atom. The Morgan fingerprint density at radius 3 is 2.95 bits per heavy atom. The molecule has 0 amide bonds. The predicted octanol–water partition coefficient (Wildman–Crippen LogP) is 1.54. The SMILES string of the molecule is C[n+]1c2ccncc2n2cc3n(c21)Cc1ccncc1-3. The number of pyridine rings is 2. The zero-order chi connectivity index (χ0) is 13.3. The van der Waals surface area contributed by atoms with Gasteiger partial charge in [-0.25, -0.2) is 9.13 Å². The van der Waals surface area contributed by atoms with Crippen molar-refractivity contribution >= 4 is 16.8 Å². The summed E-state index contributed by atoms with van der Waals surface area (Å²) in [6, 6.07) is 4.15. The lowest BCUT2D eigenvalue weighted by Gasteiger charge is -1.93. The van der Waals surface area contributed by atoms with Crippen molar-refractivity contribution < 1.29 is 4.57 Å². The van der Waals surface area contributed by atoms with E-state index in [4.69, 9.17) is 0 Å². The third-order valence-electron chi connectivity index (χ3n) is 4.21. The molecular formula is C15H12N5+. The van der Waals surface area contributed by atoms with Gasteiger partial charge in [0.05, 0.1) is 19.8 Å². The van der Waals surface area contributed by atoms with E-state index in [2.05, 4.69) is 48.9 Å². The molecule has 5 heteroatoms. The Morgan fingerprint density at radius 1 is 1.15 bits per heavy atom. The van der Waals surface area contributed by atoms with Crippen LogP contribution in [0.4, 0.5) is 0 Å². The number of fused-ring (bicyclic) bond motifs is 7. The first-order chi connectivity index (χ1) is 9.84. The van der Waals surface area contributed by atoms with E-state index in [1.807, 2.05) is 24.8 Å². The molecule has 4 aromatic rings. The standard InChI is InChI=1S/C15H12N5/c1-18-12-3-5-17-7-13(12)20-9-14-11-6-16-4-2-10(11)8-19(14)15(18)20/h2-7,9H,8H2,1H3/q+1. The fourth-order valence-corrected chi connectivity index (χ4v) is 3.30. The van der Waals surface area contributed by atoms with Gasteiger partial charge in [0.2, 0.25) is 0 Å². The van der Waals surface area contributed by atoms with Gasteiger partial charge in [0.15, 0.2) is 5.52 Å². The summed E-state index contributed by atoms with van der Waals surface area (Å²) in [7, 11) is 2.10. The lowest BCUT2D eigenvalue weighted by molar-refractivity contribution is -0.621. The van der Waals surface area contributed by atoms with Crippen molar-refractivity contribution in [1.29, 1.82) is 0 Å². The molecule has 0 saturated carbocycles. The van der Waals surface area contributed by atoms with Crippen LogP contribution >= 0.6 is 0 Å². The highest BCUT2D eigenvalue weighted by molar-refractivity contribution is 5.77. The molecule has 0 fully saturated rings. The van der Waals surface area contributed by atoms with Gasteiger partial charge in [-0.2, -0.15) is 4.40 Å². The van der Waals surface area contributed by atoms with Crippen LogP contribution in [0.3, 0.4) is 0 Å². The van der Waals surface area contributed by atoms with Crippen molar-refractivity contribution in [3.8, 4) is 11.3 Å². The van der Waals surface area contributed by atoms with Crippen LogP contribution in [-0.2, 0) is 13.6 Å². The number of rotatable bonds is 0. The van der Waals surface area contributed by atoms with Crippen molar-refractivity contribution in [2.45, 2.75) is 6.54 Å². The largest absolute Gasteiger partial charge is 0.370 e. The number of aromatic nitrogens is 5. The average Bonchev–Trinajstić information content (AvgIpc) is 3.09. The maximum atomic E-state index is 4.25. The van der Waals surface area contributed by atoms with Crippen LogP contribution < -0.4 is 4.57 Å². The average molecular weight is 262 g/mol. The first-order valence-electron chi connectivity index (χ1n) is 6.61. The van der Waals surface area contributed by atoms with Gasteiger partial charge in [-0.05, 0) is 12.1 Å². The van der Waals surface area contributed by atoms with Crippen LogP contribution in [0, 0.1) is 0 Å². The van der Waals surface area contributed by atoms with Crippen molar-refractivity contribution in [2.24, 2.45) is 7.05 Å². The Balaban J connectivity index is 1.97. The highest BCUT2D eigenvalue weighted by Crippen LogP contribution is 2.33. The van der Waals surface area contributed by atoms with Gasteiger partial charge < -0.3 is 0 Å². The second-order valence-corrected chi connectivity index (χ2v) is 5.23. The van der Waals surface area contributed by atoms with Gasteiger partial charge in [-0.3, -0.25) is 9.97 Å². The minimum absolute atomic E-state index is 0.904. The Hall–Kier alpha value is -2.69. The maximum absolute atomic E-state index is 4.25. The second kappa shape index (κ2) is 3.25. The molecule has 1 aliphatic heterocycles. The van der Waals surface area contributed by atoms with E-state index in [0.717, 1.165) is 12.1 Å². The highest BCUT2D eigenvalue weighted by atomic mass is 15.3. The summed E-state index contributed by atoms with van der Waals surface area (Å²) < 4.78 is 6.78. The topological polar surface area (TPSA) is 39.0 Å². The molecule has 0 aliphatic carbocycles. The van der Waals surface area contributed by atoms with Crippen LogP contribution in [0.2, 0.25) is 0 Å². The number of hydrogen-bond acceptors (Lipinski definition) is 2. The van der Waals surface area contributed by atoms with Gasteiger partial charge in [-0.15, -0.1) is 0 Å². The van der Waals surface area contributed by atoms with Gasteiger partial charge in [0.25, 0.3) is 0 Å². The molecular weight excluding hydrogens is 250 g/mol. The molecule has 1 aliphatic rings. The van der Waals surface area contributed by atoms with Gasteiger partial charge in [-0.1, -0.05) is 0 Å². The van der Waals surface area contributed by atoms with E-state index < -0.39 is 0 Å². The molecule has 0 spiro atoms. The first-order valence-corrected chi connectivity index (χ1v) is 6.61. The minimum atomic E-state index is 0.904. The molecule has 5 heterocycles. The zero-order valence-electron chi connectivity index (χ0n) is 11.0. The molecule has 0 radical (unpaired) electrons. The Bertz CT molecular complexity index is 992. The van der Waals surface area contributed by atoms with Crippen LogP contribution in [0.25, 0.3) is 28.1 Å². The Labute approximate surface area is 114 Å². The zero-order valence-corrected chi connectivity index (χ0v) is 11.0. The normalized spacial score (nSPS) is 13.1. The second-order valence-electron chi connectivity index (χ2n) is 5.23. The minimum Gasteiger partial charge on any atom is -0.264 e. The maximum Gasteiger partial charge on any atom is 0.370 e. The molecule has 5 rings (SSSR count). The number of hydrogen-bond donors (Lipinski definition) is 0. The van der Waals surface area contributed by atoms with Gasteiger partial charge in [0.1, 0.15) is 17.4 Å². The summed E-state index contributed by atoms with van der Waals surface area (Å²) in [5.41, 5.74) is 6.12. The lowest BCUT2D eigenvalue weighted by atomic mass is 10.1. The van der Waals surface area contributed by atoms with Gasteiger partial charge in [0, 0.05) is 29.7 Å². The fraction of sp³-hybridized carbons (Fsp3) is 0.133. The number of imidazole rings is 2. The molecule has 4 aromatic heterocycles. The Kier molecular flexibility index (Phi) is 1.65. The third-order valence-corrected chi connectivity index (χ3v) is 4.21. The van der Waals surface area contributed by atoms with E-state index >= 15 is 0 Å². The molecule has 0 N–H and O–H groups in total. The number of aryl methyl sites for hydroxylation is 1. The van der Waals surface area contributed by atoms with E-state index in [-0.39, 0.29) is 0 Å². The lowest BCUT2D eigenvalue weighted by Crippen LogP contribution is -2.29. The van der Waals surface area contributed by atoms with Crippen LogP contribution in [0.5, 0.6) is 0 Å². The summed E-state index contributed by atoms with van der Waals surface area (Å²) in [6.45, 7) is 0.904. The molecule has 0 bridgehead atoms. The molecule has 0 saturated heterocycles. The molecule has 0 atom stereocenters. The predicted molar refractivity (Wildman–Crippen MR) is 74.2 cm³/mol. The summed E-state index contributed by atoms with van der Waals surface area (Å²) in [5, 5.41) is 0. The summed E-state index contributed by atoms with van der Waals surface area (Å²) in [5.74, 6) is 1.18. The van der Waals surface area contributed by atoms with E-state index in [1.54, 1.807) is 0 Å². The third kappa shape index (κ3) is 1.02. The fourth-order valence-electron chi connectivity index (χ4n) is 3.30. The summed E-state index contributed by atoms with van der Waals surface area (Å²) in [6.07, 6.45) is 9.76. The quantitative estimate of drug-likeness (QED) is 0.397. The van der Waals surface area contributed by atoms with Crippen LogP contribution in [0.1, 0.15) is 5.56 Å². The van der Waals surface area contributed by atoms with Crippen LogP contribution in [-0.4, -0.2) is 18.9 Å². The molecule has 0 aromatic carbocycles. The van der Waals surface area contributed by atoms with Crippen molar-refractivity contribution in [3.63, 3.8) is 0 Å². The van der Waals surface area contributed by atoms with E-state index in [9.17, 15) is 0 Å². The van der Waals surface area contributed by atoms with E-state index in [1.165, 1.54) is 28.1 Å². The highest BCUT2D eigenvalue weighted by Gasteiger charge is 2.30. The van der Waals surface area contributed by atoms with Gasteiger partial charge >= 0.3 is 5.78 Å². The summed E-state index contributed by atoms with van der Waals surface area (Å²) >= 11 is 0. The van der Waals surface area contributed by atoms with Crippen LogP contribution in [0.15, 0.2) is 43.1 Å².